The Balaban J connectivity index is 1.95. The van der Waals surface area contributed by atoms with Crippen molar-refractivity contribution < 1.29 is 22.8 Å². The lowest BCUT2D eigenvalue weighted by Gasteiger charge is -2.05. The topological polar surface area (TPSA) is 76.9 Å². The highest BCUT2D eigenvalue weighted by Crippen LogP contribution is 2.33. The van der Waals surface area contributed by atoms with E-state index < -0.39 is 23.3 Å². The molecule has 140 valence electrons. The summed E-state index contributed by atoms with van der Waals surface area (Å²) in [7, 11) is 1.29. The normalized spacial score (nSPS) is 11.4. The number of anilines is 1. The first-order valence-electron chi connectivity index (χ1n) is 7.66. The number of thiazole rings is 1. The fourth-order valence-corrected chi connectivity index (χ4v) is 3.31. The number of carbonyl (C=O) groups excluding carboxylic acids is 2. The van der Waals surface area contributed by atoms with E-state index in [-0.39, 0.29) is 10.9 Å². The zero-order valence-electron chi connectivity index (χ0n) is 14.2. The van der Waals surface area contributed by atoms with Gasteiger partial charge in [0.1, 0.15) is 0 Å². The van der Waals surface area contributed by atoms with Gasteiger partial charge in [-0.2, -0.15) is 18.3 Å². The van der Waals surface area contributed by atoms with E-state index in [1.165, 1.54) is 14.0 Å². The monoisotopic (exact) mass is 394 g/mol. The molecule has 3 rings (SSSR count). The third-order valence-electron chi connectivity index (χ3n) is 3.56. The molecule has 2 aromatic heterocycles. The van der Waals surface area contributed by atoms with Gasteiger partial charge in [0.2, 0.25) is 0 Å². The lowest BCUT2D eigenvalue weighted by atomic mass is 10.1. The van der Waals surface area contributed by atoms with Gasteiger partial charge in [-0.1, -0.05) is 41.7 Å². The molecular weight excluding hydrogens is 381 g/mol. The largest absolute Gasteiger partial charge is 0.435 e. The molecule has 0 unspecified atom stereocenters. The third-order valence-corrected chi connectivity index (χ3v) is 4.63. The molecular formula is C17H13F3N4O2S. The molecule has 6 nitrogen and oxygen atoms in total. The van der Waals surface area contributed by atoms with Crippen LogP contribution in [0.4, 0.5) is 18.3 Å². The van der Waals surface area contributed by atoms with E-state index >= 15 is 0 Å². The number of rotatable bonds is 4. The van der Waals surface area contributed by atoms with Gasteiger partial charge >= 0.3 is 6.18 Å². The number of hydrogen-bond acceptors (Lipinski definition) is 5. The van der Waals surface area contributed by atoms with Crippen molar-refractivity contribution in [2.75, 3.05) is 5.32 Å². The molecule has 1 amide bonds. The molecule has 0 radical (unpaired) electrons. The van der Waals surface area contributed by atoms with Crippen LogP contribution in [0.2, 0.25) is 0 Å². The fraction of sp³-hybridized carbons (Fsp3) is 0.176. The number of benzene rings is 1. The predicted octanol–water partition coefficient (Wildman–Crippen LogP) is 4.02. The van der Waals surface area contributed by atoms with Crippen molar-refractivity contribution in [2.45, 2.75) is 13.1 Å². The second kappa shape index (κ2) is 6.95. The molecule has 2 heterocycles. The van der Waals surface area contributed by atoms with Crippen LogP contribution in [0.5, 0.6) is 0 Å². The summed E-state index contributed by atoms with van der Waals surface area (Å²) in [5, 5.41) is 5.66. The Kier molecular flexibility index (Phi) is 4.83. The number of nitrogens with one attached hydrogen (secondary N) is 1. The Morgan fingerprint density at radius 3 is 2.44 bits per heavy atom. The van der Waals surface area contributed by atoms with Crippen LogP contribution in [0.15, 0.2) is 36.5 Å². The summed E-state index contributed by atoms with van der Waals surface area (Å²) in [4.78, 5) is 28.8. The molecule has 3 aromatic rings. The summed E-state index contributed by atoms with van der Waals surface area (Å²) in [6.07, 6.45) is -3.79. The average Bonchev–Trinajstić information content (AvgIpc) is 3.19. The molecule has 1 N–H and O–H groups in total. The number of carbonyl (C=O) groups is 2. The maximum absolute atomic E-state index is 13.0. The van der Waals surface area contributed by atoms with Crippen molar-refractivity contribution >= 4 is 28.2 Å². The third kappa shape index (κ3) is 3.90. The first-order chi connectivity index (χ1) is 12.7. The Morgan fingerprint density at radius 2 is 1.85 bits per heavy atom. The second-order valence-corrected chi connectivity index (χ2v) is 6.63. The summed E-state index contributed by atoms with van der Waals surface area (Å²) < 4.78 is 40.0. The number of nitrogens with zero attached hydrogens (tertiary/aromatic N) is 3. The quantitative estimate of drug-likeness (QED) is 0.678. The highest BCUT2D eigenvalue weighted by molar-refractivity contribution is 7.18. The maximum atomic E-state index is 13.0. The Hall–Kier alpha value is -3.01. The Morgan fingerprint density at radius 1 is 1.19 bits per heavy atom. The van der Waals surface area contributed by atoms with Gasteiger partial charge in [-0.05, 0) is 0 Å². The molecule has 0 saturated heterocycles. The van der Waals surface area contributed by atoms with Crippen molar-refractivity contribution in [3.8, 4) is 11.3 Å². The minimum Gasteiger partial charge on any atom is -0.298 e. The SMILES string of the molecule is CC(=O)c1sc(NC(=O)c2cn(C)nc2C(F)(F)F)nc1-c1ccccc1. The zero-order chi connectivity index (χ0) is 19.8. The molecule has 0 aliphatic carbocycles. The van der Waals surface area contributed by atoms with E-state index in [4.69, 9.17) is 0 Å². The first kappa shape index (κ1) is 18.8. The van der Waals surface area contributed by atoms with Crippen LogP contribution in [0.3, 0.4) is 0 Å². The van der Waals surface area contributed by atoms with Crippen LogP contribution in [-0.4, -0.2) is 26.5 Å². The number of halogens is 3. The van der Waals surface area contributed by atoms with Crippen molar-refractivity contribution in [3.63, 3.8) is 0 Å². The van der Waals surface area contributed by atoms with Crippen LogP contribution in [0.1, 0.15) is 32.6 Å². The van der Waals surface area contributed by atoms with E-state index in [2.05, 4.69) is 15.4 Å². The molecule has 0 aliphatic heterocycles. The summed E-state index contributed by atoms with van der Waals surface area (Å²) in [5.41, 5.74) is -0.873. The lowest BCUT2D eigenvalue weighted by Crippen LogP contribution is -2.17. The molecule has 0 atom stereocenters. The second-order valence-electron chi connectivity index (χ2n) is 5.64. The van der Waals surface area contributed by atoms with Crippen LogP contribution >= 0.6 is 11.3 Å². The standard InChI is InChI=1S/C17H13F3N4O2S/c1-9(25)13-12(10-6-4-3-5-7-10)21-16(27-13)22-15(26)11-8-24(2)23-14(11)17(18,19)20/h3-8H,1-2H3,(H,21,22,26). The highest BCUT2D eigenvalue weighted by Gasteiger charge is 2.39. The molecule has 27 heavy (non-hydrogen) atoms. The number of aromatic nitrogens is 3. The van der Waals surface area contributed by atoms with Gasteiger partial charge in [-0.3, -0.25) is 19.6 Å². The lowest BCUT2D eigenvalue weighted by molar-refractivity contribution is -0.141. The average molecular weight is 394 g/mol. The van der Waals surface area contributed by atoms with Crippen molar-refractivity contribution in [2.24, 2.45) is 7.05 Å². The van der Waals surface area contributed by atoms with Gasteiger partial charge < -0.3 is 0 Å². The fourth-order valence-electron chi connectivity index (χ4n) is 2.43. The molecule has 0 spiro atoms. The van der Waals surface area contributed by atoms with E-state index in [0.29, 0.717) is 16.1 Å². The van der Waals surface area contributed by atoms with Gasteiger partial charge in [0.25, 0.3) is 5.91 Å². The summed E-state index contributed by atoms with van der Waals surface area (Å²) in [6, 6.07) is 8.82. The molecule has 0 aliphatic rings. The van der Waals surface area contributed by atoms with Crippen LogP contribution < -0.4 is 5.32 Å². The van der Waals surface area contributed by atoms with Crippen LogP contribution in [0.25, 0.3) is 11.3 Å². The summed E-state index contributed by atoms with van der Waals surface area (Å²) in [6.45, 7) is 1.36. The van der Waals surface area contributed by atoms with Crippen LogP contribution in [0, 0.1) is 0 Å². The predicted molar refractivity (Wildman–Crippen MR) is 93.7 cm³/mol. The Labute approximate surface area is 155 Å². The van der Waals surface area contributed by atoms with E-state index in [9.17, 15) is 22.8 Å². The highest BCUT2D eigenvalue weighted by atomic mass is 32.1. The smallest absolute Gasteiger partial charge is 0.298 e. The number of hydrogen-bond donors (Lipinski definition) is 1. The maximum Gasteiger partial charge on any atom is 0.435 e. The van der Waals surface area contributed by atoms with Gasteiger partial charge in [0, 0.05) is 25.7 Å². The minimum absolute atomic E-state index is 0.0287. The number of ketones is 1. The van der Waals surface area contributed by atoms with E-state index in [1.807, 2.05) is 0 Å². The molecule has 0 fully saturated rings. The van der Waals surface area contributed by atoms with Crippen molar-refractivity contribution in [3.05, 3.63) is 52.7 Å². The minimum atomic E-state index is -4.77. The van der Waals surface area contributed by atoms with Crippen molar-refractivity contribution in [1.82, 2.24) is 14.8 Å². The van der Waals surface area contributed by atoms with Gasteiger partial charge in [-0.15, -0.1) is 0 Å². The van der Waals surface area contributed by atoms with Gasteiger partial charge in [-0.25, -0.2) is 4.98 Å². The molecule has 10 heteroatoms. The zero-order valence-corrected chi connectivity index (χ0v) is 15.0. The van der Waals surface area contributed by atoms with Crippen molar-refractivity contribution in [1.29, 1.82) is 0 Å². The summed E-state index contributed by atoms with van der Waals surface area (Å²) in [5.74, 6) is -1.26. The number of amides is 1. The van der Waals surface area contributed by atoms with Crippen LogP contribution in [-0.2, 0) is 13.2 Å². The molecule has 1 aromatic carbocycles. The van der Waals surface area contributed by atoms with Gasteiger partial charge in [0.05, 0.1) is 16.1 Å². The Bertz CT molecular complexity index is 1010. The molecule has 0 saturated carbocycles. The number of aryl methyl sites for hydroxylation is 1. The first-order valence-corrected chi connectivity index (χ1v) is 8.48. The summed E-state index contributed by atoms with van der Waals surface area (Å²) >= 11 is 0.905. The molecule has 0 bridgehead atoms. The van der Waals surface area contributed by atoms with E-state index in [0.717, 1.165) is 22.2 Å². The number of alkyl halides is 3. The van der Waals surface area contributed by atoms with E-state index in [1.54, 1.807) is 30.3 Å². The number of Topliss-reactive ketones (excluding diaryl/α,β-unsaturated/α-hetero) is 1. The van der Waals surface area contributed by atoms with Gasteiger partial charge in [0.15, 0.2) is 16.6 Å².